The number of methoxy groups -OCH3 is 1. The van der Waals surface area contributed by atoms with Crippen molar-refractivity contribution < 1.29 is 9.13 Å². The van der Waals surface area contributed by atoms with E-state index in [4.69, 9.17) is 4.74 Å². The van der Waals surface area contributed by atoms with Gasteiger partial charge in [0.25, 0.3) is 0 Å². The molecule has 1 unspecified atom stereocenters. The zero-order valence-electron chi connectivity index (χ0n) is 12.4. The zero-order valence-corrected chi connectivity index (χ0v) is 12.4. The normalized spacial score (nSPS) is 16.8. The molecule has 0 fully saturated rings. The van der Waals surface area contributed by atoms with E-state index in [0.717, 1.165) is 24.9 Å². The predicted octanol–water partition coefficient (Wildman–Crippen LogP) is 4.10. The molecule has 1 aliphatic carbocycles. The minimum absolute atomic E-state index is 0.290. The van der Waals surface area contributed by atoms with Crippen LogP contribution < -0.4 is 10.1 Å². The third-order valence-electron chi connectivity index (χ3n) is 4.17. The van der Waals surface area contributed by atoms with E-state index in [-0.39, 0.29) is 5.82 Å². The summed E-state index contributed by atoms with van der Waals surface area (Å²) in [5, 5.41) is 3.50. The average molecular weight is 285 g/mol. The molecule has 0 heterocycles. The maximum atomic E-state index is 14.4. The lowest BCUT2D eigenvalue weighted by Crippen LogP contribution is -2.18. The second-order valence-electron chi connectivity index (χ2n) is 5.38. The highest BCUT2D eigenvalue weighted by Gasteiger charge is 2.22. The lowest BCUT2D eigenvalue weighted by molar-refractivity contribution is 0.387. The van der Waals surface area contributed by atoms with Crippen molar-refractivity contribution in [2.75, 3.05) is 13.7 Å². The van der Waals surface area contributed by atoms with E-state index in [1.807, 2.05) is 12.1 Å². The van der Waals surface area contributed by atoms with Crippen LogP contribution in [0.5, 0.6) is 5.75 Å². The van der Waals surface area contributed by atoms with Gasteiger partial charge in [0.2, 0.25) is 0 Å². The molecule has 3 heteroatoms. The number of halogens is 1. The Morgan fingerprint density at radius 2 is 2.14 bits per heavy atom. The van der Waals surface area contributed by atoms with E-state index in [9.17, 15) is 4.39 Å². The van der Waals surface area contributed by atoms with Crippen molar-refractivity contribution >= 4 is 0 Å². The standard InChI is InChI=1S/C18H20FNO/c1-3-20-16-10-8-12-11-13(7-9-14(12)16)15-5-4-6-17(21-2)18(15)19/h4-7,9,11,16,20H,3,8,10H2,1-2H3. The lowest BCUT2D eigenvalue weighted by Gasteiger charge is -2.13. The summed E-state index contributed by atoms with van der Waals surface area (Å²) >= 11 is 0. The summed E-state index contributed by atoms with van der Waals surface area (Å²) in [6, 6.07) is 12.0. The number of nitrogens with one attached hydrogen (secondary N) is 1. The van der Waals surface area contributed by atoms with Gasteiger partial charge in [-0.25, -0.2) is 4.39 Å². The third-order valence-corrected chi connectivity index (χ3v) is 4.17. The van der Waals surface area contributed by atoms with Gasteiger partial charge in [-0.3, -0.25) is 0 Å². The van der Waals surface area contributed by atoms with Gasteiger partial charge in [0.1, 0.15) is 0 Å². The number of hydrogen-bond donors (Lipinski definition) is 1. The molecule has 0 aliphatic heterocycles. The largest absolute Gasteiger partial charge is 0.494 e. The molecule has 0 aromatic heterocycles. The lowest BCUT2D eigenvalue weighted by atomic mass is 9.99. The third kappa shape index (κ3) is 2.54. The van der Waals surface area contributed by atoms with Crippen LogP contribution in [0.25, 0.3) is 11.1 Å². The summed E-state index contributed by atoms with van der Waals surface area (Å²) in [6.07, 6.45) is 2.17. The van der Waals surface area contributed by atoms with Crippen molar-refractivity contribution in [3.63, 3.8) is 0 Å². The molecule has 110 valence electrons. The molecule has 3 rings (SSSR count). The summed E-state index contributed by atoms with van der Waals surface area (Å²) in [5.74, 6) is -0.000273. The van der Waals surface area contributed by atoms with Gasteiger partial charge >= 0.3 is 0 Å². The number of ether oxygens (including phenoxy) is 1. The van der Waals surface area contributed by atoms with Gasteiger partial charge < -0.3 is 10.1 Å². The first kappa shape index (κ1) is 14.1. The Bertz CT molecular complexity index is 654. The molecule has 1 atom stereocenters. The number of rotatable bonds is 4. The summed E-state index contributed by atoms with van der Waals surface area (Å²) < 4.78 is 19.4. The van der Waals surface area contributed by atoms with Crippen LogP contribution in [-0.2, 0) is 6.42 Å². The first-order chi connectivity index (χ1) is 10.2. The Morgan fingerprint density at radius 1 is 1.29 bits per heavy atom. The van der Waals surface area contributed by atoms with E-state index in [0.29, 0.717) is 17.4 Å². The van der Waals surface area contributed by atoms with Gasteiger partial charge in [-0.05, 0) is 42.1 Å². The maximum Gasteiger partial charge on any atom is 0.172 e. The van der Waals surface area contributed by atoms with Crippen molar-refractivity contribution in [1.82, 2.24) is 5.32 Å². The fourth-order valence-corrected chi connectivity index (χ4v) is 3.13. The fraction of sp³-hybridized carbons (Fsp3) is 0.333. The monoisotopic (exact) mass is 285 g/mol. The van der Waals surface area contributed by atoms with Crippen LogP contribution >= 0.6 is 0 Å². The molecule has 1 N–H and O–H groups in total. The van der Waals surface area contributed by atoms with Gasteiger partial charge in [0, 0.05) is 11.6 Å². The average Bonchev–Trinajstić information content (AvgIpc) is 2.90. The molecule has 2 aromatic carbocycles. The predicted molar refractivity (Wildman–Crippen MR) is 83.1 cm³/mol. The second-order valence-corrected chi connectivity index (χ2v) is 5.38. The van der Waals surface area contributed by atoms with Crippen LogP contribution in [0.4, 0.5) is 4.39 Å². The summed E-state index contributed by atoms with van der Waals surface area (Å²) in [7, 11) is 1.49. The maximum absolute atomic E-state index is 14.4. The highest BCUT2D eigenvalue weighted by Crippen LogP contribution is 2.36. The van der Waals surface area contributed by atoms with Crippen LogP contribution in [0, 0.1) is 5.82 Å². The van der Waals surface area contributed by atoms with Crippen molar-refractivity contribution in [3.05, 3.63) is 53.3 Å². The Hall–Kier alpha value is -1.87. The van der Waals surface area contributed by atoms with Gasteiger partial charge in [0.15, 0.2) is 11.6 Å². The van der Waals surface area contributed by atoms with Crippen LogP contribution in [0.2, 0.25) is 0 Å². The van der Waals surface area contributed by atoms with Crippen molar-refractivity contribution in [2.24, 2.45) is 0 Å². The number of hydrogen-bond acceptors (Lipinski definition) is 2. The quantitative estimate of drug-likeness (QED) is 0.913. The second kappa shape index (κ2) is 5.86. The highest BCUT2D eigenvalue weighted by atomic mass is 19.1. The minimum atomic E-state index is -0.291. The number of benzene rings is 2. The van der Waals surface area contributed by atoms with Crippen LogP contribution in [-0.4, -0.2) is 13.7 Å². The SMILES string of the molecule is CCNC1CCc2cc(-c3cccc(OC)c3F)ccc21. The molecule has 1 aliphatic rings. The number of fused-ring (bicyclic) bond motifs is 1. The summed E-state index contributed by atoms with van der Waals surface area (Å²) in [6.45, 7) is 3.09. The van der Waals surface area contributed by atoms with Crippen molar-refractivity contribution in [3.8, 4) is 16.9 Å². The first-order valence-corrected chi connectivity index (χ1v) is 7.43. The molecule has 0 amide bonds. The van der Waals surface area contributed by atoms with E-state index in [2.05, 4.69) is 24.4 Å². The smallest absolute Gasteiger partial charge is 0.172 e. The van der Waals surface area contributed by atoms with Gasteiger partial charge in [-0.2, -0.15) is 0 Å². The Morgan fingerprint density at radius 3 is 2.90 bits per heavy atom. The van der Waals surface area contributed by atoms with Crippen molar-refractivity contribution in [1.29, 1.82) is 0 Å². The molecule has 0 spiro atoms. The first-order valence-electron chi connectivity index (χ1n) is 7.43. The molecule has 2 aromatic rings. The molecule has 0 radical (unpaired) electrons. The highest BCUT2D eigenvalue weighted by molar-refractivity contribution is 5.68. The molecular formula is C18H20FNO. The van der Waals surface area contributed by atoms with Crippen LogP contribution in [0.15, 0.2) is 36.4 Å². The van der Waals surface area contributed by atoms with Gasteiger partial charge in [-0.1, -0.05) is 37.3 Å². The van der Waals surface area contributed by atoms with Gasteiger partial charge in [-0.15, -0.1) is 0 Å². The fourth-order valence-electron chi connectivity index (χ4n) is 3.13. The Labute approximate surface area is 125 Å². The van der Waals surface area contributed by atoms with E-state index < -0.39 is 0 Å². The molecule has 0 saturated heterocycles. The zero-order chi connectivity index (χ0) is 14.8. The van der Waals surface area contributed by atoms with E-state index >= 15 is 0 Å². The molecule has 0 saturated carbocycles. The molecule has 2 nitrogen and oxygen atoms in total. The molecule has 0 bridgehead atoms. The van der Waals surface area contributed by atoms with E-state index in [1.54, 1.807) is 12.1 Å². The minimum Gasteiger partial charge on any atom is -0.494 e. The van der Waals surface area contributed by atoms with Crippen molar-refractivity contribution in [2.45, 2.75) is 25.8 Å². The summed E-state index contributed by atoms with van der Waals surface area (Å²) in [5.41, 5.74) is 4.19. The summed E-state index contributed by atoms with van der Waals surface area (Å²) in [4.78, 5) is 0. The molecular weight excluding hydrogens is 265 g/mol. The molecule has 21 heavy (non-hydrogen) atoms. The Balaban J connectivity index is 1.99. The topological polar surface area (TPSA) is 21.3 Å². The van der Waals surface area contributed by atoms with Gasteiger partial charge in [0.05, 0.1) is 7.11 Å². The van der Waals surface area contributed by atoms with E-state index in [1.165, 1.54) is 18.2 Å². The van der Waals surface area contributed by atoms with Crippen LogP contribution in [0.1, 0.15) is 30.5 Å². The Kier molecular flexibility index (Phi) is 3.93. The van der Waals surface area contributed by atoms with Crippen LogP contribution in [0.3, 0.4) is 0 Å². The number of aryl methyl sites for hydroxylation is 1.